The summed E-state index contributed by atoms with van der Waals surface area (Å²) in [7, 11) is -3.71. The number of ether oxygens (including phenoxy) is 1. The van der Waals surface area contributed by atoms with Gasteiger partial charge in [0.1, 0.15) is 5.82 Å². The maximum atomic E-state index is 13.2. The first-order valence-corrected chi connectivity index (χ1v) is 13.2. The van der Waals surface area contributed by atoms with Crippen LogP contribution < -0.4 is 14.7 Å². The van der Waals surface area contributed by atoms with Gasteiger partial charge in [0.25, 0.3) is 0 Å². The lowest BCUT2D eigenvalue weighted by molar-refractivity contribution is -0.121. The Labute approximate surface area is 204 Å². The quantitative estimate of drug-likeness (QED) is 0.549. The minimum Gasteiger partial charge on any atom is -0.378 e. The fourth-order valence-corrected chi connectivity index (χ4v) is 5.96. The zero-order valence-electron chi connectivity index (χ0n) is 19.6. The Balaban J connectivity index is 1.26. The Morgan fingerprint density at radius 1 is 0.829 bits per heavy atom. The van der Waals surface area contributed by atoms with Gasteiger partial charge in [-0.1, -0.05) is 0 Å². The van der Waals surface area contributed by atoms with Gasteiger partial charge in [-0.2, -0.15) is 9.29 Å². The highest BCUT2D eigenvalue weighted by molar-refractivity contribution is 7.89. The minimum absolute atomic E-state index is 0.134. The molecule has 3 saturated heterocycles. The SMILES string of the molecule is Cc1cc(N2CCOCC2)nc(N2CCN(S(=O)(=O)c3ccc(N4C(=O)CCC4=O)cc3)CC2)n1. The van der Waals surface area contributed by atoms with Gasteiger partial charge in [0.05, 0.1) is 23.8 Å². The van der Waals surface area contributed by atoms with Gasteiger partial charge in [-0.3, -0.25) is 14.5 Å². The molecule has 0 radical (unpaired) electrons. The van der Waals surface area contributed by atoms with E-state index in [-0.39, 0.29) is 29.6 Å². The first-order valence-electron chi connectivity index (χ1n) is 11.7. The molecule has 5 rings (SSSR count). The van der Waals surface area contributed by atoms with E-state index < -0.39 is 10.0 Å². The average molecular weight is 501 g/mol. The molecule has 1 aromatic heterocycles. The van der Waals surface area contributed by atoms with E-state index in [2.05, 4.69) is 9.88 Å². The molecule has 11 nitrogen and oxygen atoms in total. The zero-order chi connectivity index (χ0) is 24.6. The van der Waals surface area contributed by atoms with E-state index in [0.717, 1.165) is 29.5 Å². The van der Waals surface area contributed by atoms with Crippen LogP contribution in [0.1, 0.15) is 18.5 Å². The fourth-order valence-electron chi connectivity index (χ4n) is 4.54. The van der Waals surface area contributed by atoms with E-state index in [0.29, 0.717) is 51.0 Å². The second-order valence-corrected chi connectivity index (χ2v) is 10.7. The average Bonchev–Trinajstić information content (AvgIpc) is 3.22. The number of hydrogen-bond donors (Lipinski definition) is 0. The smallest absolute Gasteiger partial charge is 0.243 e. The number of piperazine rings is 1. The molecule has 0 N–H and O–H groups in total. The van der Waals surface area contributed by atoms with Crippen LogP contribution in [0.2, 0.25) is 0 Å². The van der Waals surface area contributed by atoms with Crippen molar-refractivity contribution < 1.29 is 22.7 Å². The number of anilines is 3. The molecular weight excluding hydrogens is 472 g/mol. The Morgan fingerprint density at radius 2 is 1.46 bits per heavy atom. The van der Waals surface area contributed by atoms with E-state index in [9.17, 15) is 18.0 Å². The molecule has 0 spiro atoms. The van der Waals surface area contributed by atoms with Crippen LogP contribution in [0, 0.1) is 6.92 Å². The summed E-state index contributed by atoms with van der Waals surface area (Å²) in [5, 5.41) is 0. The Morgan fingerprint density at radius 3 is 2.09 bits per heavy atom. The van der Waals surface area contributed by atoms with Gasteiger partial charge in [-0.05, 0) is 31.2 Å². The number of aromatic nitrogens is 2. The van der Waals surface area contributed by atoms with Crippen LogP contribution in [0.15, 0.2) is 35.2 Å². The molecule has 2 aromatic rings. The lowest BCUT2D eigenvalue weighted by Gasteiger charge is -2.35. The zero-order valence-corrected chi connectivity index (χ0v) is 20.4. The molecular formula is C23H28N6O5S. The summed E-state index contributed by atoms with van der Waals surface area (Å²) < 4.78 is 33.3. The van der Waals surface area contributed by atoms with Gasteiger partial charge >= 0.3 is 0 Å². The van der Waals surface area contributed by atoms with Crippen LogP contribution >= 0.6 is 0 Å². The maximum absolute atomic E-state index is 13.2. The van der Waals surface area contributed by atoms with E-state index in [4.69, 9.17) is 9.72 Å². The molecule has 3 aliphatic rings. The summed E-state index contributed by atoms with van der Waals surface area (Å²) in [5.41, 5.74) is 1.26. The van der Waals surface area contributed by atoms with Crippen molar-refractivity contribution in [2.45, 2.75) is 24.7 Å². The predicted molar refractivity (Wildman–Crippen MR) is 129 cm³/mol. The standard InChI is InChI=1S/C23H28N6O5S/c1-17-16-20(26-12-14-34-15-13-26)25-23(24-17)27-8-10-28(11-9-27)35(32,33)19-4-2-18(3-5-19)29-21(30)6-7-22(29)31/h2-5,16H,6-15H2,1H3. The summed E-state index contributed by atoms with van der Waals surface area (Å²) in [6.45, 7) is 6.38. The van der Waals surface area contributed by atoms with Crippen molar-refractivity contribution in [3.63, 3.8) is 0 Å². The number of rotatable bonds is 5. The molecule has 0 atom stereocenters. The van der Waals surface area contributed by atoms with Gasteiger partial charge in [-0.15, -0.1) is 0 Å². The molecule has 0 bridgehead atoms. The highest BCUT2D eigenvalue weighted by Gasteiger charge is 2.32. The van der Waals surface area contributed by atoms with Gasteiger partial charge < -0.3 is 14.5 Å². The van der Waals surface area contributed by atoms with Crippen molar-refractivity contribution in [1.29, 1.82) is 0 Å². The Kier molecular flexibility index (Phi) is 6.43. The minimum atomic E-state index is -3.71. The first kappa shape index (κ1) is 23.6. The Hall–Kier alpha value is -3.09. The first-order chi connectivity index (χ1) is 16.8. The third-order valence-electron chi connectivity index (χ3n) is 6.47. The topological polar surface area (TPSA) is 116 Å². The summed E-state index contributed by atoms with van der Waals surface area (Å²) in [4.78, 5) is 38.7. The molecule has 1 aromatic carbocycles. The van der Waals surface area contributed by atoms with Crippen molar-refractivity contribution >= 4 is 39.3 Å². The van der Waals surface area contributed by atoms with Crippen molar-refractivity contribution in [1.82, 2.24) is 14.3 Å². The van der Waals surface area contributed by atoms with Crippen molar-refractivity contribution in [2.24, 2.45) is 0 Å². The van der Waals surface area contributed by atoms with Gasteiger partial charge in [-0.25, -0.2) is 13.4 Å². The number of sulfonamides is 1. The molecule has 0 aliphatic carbocycles. The van der Waals surface area contributed by atoms with Gasteiger partial charge in [0.2, 0.25) is 27.8 Å². The molecule has 0 saturated carbocycles. The predicted octanol–water partition coefficient (Wildman–Crippen LogP) is 0.786. The van der Waals surface area contributed by atoms with E-state index >= 15 is 0 Å². The number of hydrogen-bond acceptors (Lipinski definition) is 9. The van der Waals surface area contributed by atoms with Crippen molar-refractivity contribution in [3.8, 4) is 0 Å². The molecule has 4 heterocycles. The number of imide groups is 1. The number of morpholine rings is 1. The number of carbonyl (C=O) groups excluding carboxylic acids is 2. The number of benzene rings is 1. The van der Waals surface area contributed by atoms with Crippen LogP contribution in [0.4, 0.5) is 17.5 Å². The normalized spacial score (nSPS) is 20.1. The number of amides is 2. The van der Waals surface area contributed by atoms with Crippen LogP contribution in [-0.2, 0) is 24.3 Å². The monoisotopic (exact) mass is 500 g/mol. The lowest BCUT2D eigenvalue weighted by Crippen LogP contribution is -2.49. The molecule has 3 fully saturated rings. The highest BCUT2D eigenvalue weighted by Crippen LogP contribution is 2.26. The van der Waals surface area contributed by atoms with Crippen LogP contribution in [-0.4, -0.2) is 87.0 Å². The maximum Gasteiger partial charge on any atom is 0.243 e. The number of carbonyl (C=O) groups is 2. The number of nitrogens with zero attached hydrogens (tertiary/aromatic N) is 6. The van der Waals surface area contributed by atoms with E-state index in [1.807, 2.05) is 17.9 Å². The van der Waals surface area contributed by atoms with Crippen molar-refractivity contribution in [3.05, 3.63) is 36.0 Å². The summed E-state index contributed by atoms with van der Waals surface area (Å²) in [6.07, 6.45) is 0.365. The molecule has 0 unspecified atom stereocenters. The van der Waals surface area contributed by atoms with Crippen LogP contribution in [0.25, 0.3) is 0 Å². The van der Waals surface area contributed by atoms with E-state index in [1.54, 1.807) is 0 Å². The third kappa shape index (κ3) is 4.73. The largest absolute Gasteiger partial charge is 0.378 e. The van der Waals surface area contributed by atoms with Gasteiger partial charge in [0, 0.05) is 63.9 Å². The summed E-state index contributed by atoms with van der Waals surface area (Å²) >= 11 is 0. The molecule has 186 valence electrons. The summed E-state index contributed by atoms with van der Waals surface area (Å²) in [5.74, 6) is 0.933. The van der Waals surface area contributed by atoms with Crippen LogP contribution in [0.5, 0.6) is 0 Å². The van der Waals surface area contributed by atoms with Crippen molar-refractivity contribution in [2.75, 3.05) is 67.2 Å². The van der Waals surface area contributed by atoms with E-state index in [1.165, 1.54) is 28.6 Å². The molecule has 3 aliphatic heterocycles. The second kappa shape index (κ2) is 9.51. The molecule has 35 heavy (non-hydrogen) atoms. The Bertz CT molecular complexity index is 1210. The fraction of sp³-hybridized carbons (Fsp3) is 0.478. The lowest BCUT2D eigenvalue weighted by atomic mass is 10.3. The number of aryl methyl sites for hydroxylation is 1. The summed E-state index contributed by atoms with van der Waals surface area (Å²) in [6, 6.07) is 7.89. The van der Waals surface area contributed by atoms with Gasteiger partial charge in [0.15, 0.2) is 0 Å². The highest BCUT2D eigenvalue weighted by atomic mass is 32.2. The molecule has 2 amide bonds. The third-order valence-corrected chi connectivity index (χ3v) is 8.38. The molecule has 12 heteroatoms. The second-order valence-electron chi connectivity index (χ2n) is 8.77. The van der Waals surface area contributed by atoms with Crippen LogP contribution in [0.3, 0.4) is 0 Å².